The van der Waals surface area contributed by atoms with E-state index < -0.39 is 9.85 Å². The van der Waals surface area contributed by atoms with Crippen molar-refractivity contribution in [2.24, 2.45) is 0 Å². The van der Waals surface area contributed by atoms with Crippen molar-refractivity contribution in [3.05, 3.63) is 128 Å². The molecule has 222 valence electrons. The molecule has 0 saturated carbocycles. The molecule has 0 unspecified atom stereocenters. The number of nitro benzene ring substituents is 2. The Balaban J connectivity index is 1.39. The van der Waals surface area contributed by atoms with Crippen LogP contribution in [-0.2, 0) is 0 Å². The quantitative estimate of drug-likeness (QED) is 0.122. The molecule has 12 nitrogen and oxygen atoms in total. The van der Waals surface area contributed by atoms with Gasteiger partial charge < -0.3 is 0 Å². The van der Waals surface area contributed by atoms with Crippen LogP contribution in [-0.4, -0.2) is 56.0 Å². The van der Waals surface area contributed by atoms with E-state index in [2.05, 4.69) is 22.1 Å². The van der Waals surface area contributed by atoms with Crippen molar-refractivity contribution in [1.82, 2.24) is 19.9 Å². The second-order valence-corrected chi connectivity index (χ2v) is 15.6. The van der Waals surface area contributed by atoms with Gasteiger partial charge in [-0.1, -0.05) is 0 Å². The fourth-order valence-corrected chi connectivity index (χ4v) is 10.8. The zero-order valence-electron chi connectivity index (χ0n) is 23.4. The van der Waals surface area contributed by atoms with Crippen LogP contribution >= 0.6 is 0 Å². The summed E-state index contributed by atoms with van der Waals surface area (Å²) in [6.07, 6.45) is 0. The fourth-order valence-electron chi connectivity index (χ4n) is 4.48. The second kappa shape index (κ2) is 13.0. The molecule has 0 aliphatic heterocycles. The first-order valence-electron chi connectivity index (χ1n) is 13.4. The van der Waals surface area contributed by atoms with E-state index >= 15 is 0 Å². The minimum atomic E-state index is -0.449. The molecule has 0 bridgehead atoms. The predicted octanol–water partition coefficient (Wildman–Crippen LogP) is 4.63. The van der Waals surface area contributed by atoms with E-state index in [0.717, 1.165) is 42.8 Å². The van der Waals surface area contributed by atoms with Crippen molar-refractivity contribution in [3.8, 4) is 57.4 Å². The Hall–Kier alpha value is -5.88. The number of aromatic amines is 2. The van der Waals surface area contributed by atoms with Gasteiger partial charge in [-0.25, -0.2) is 0 Å². The second-order valence-electron chi connectivity index (χ2n) is 9.68. The van der Waals surface area contributed by atoms with Crippen LogP contribution in [0.15, 0.2) is 97.1 Å². The van der Waals surface area contributed by atoms with Gasteiger partial charge in [0, 0.05) is 0 Å². The monoisotopic (exact) mass is 738 g/mol. The van der Waals surface area contributed by atoms with E-state index in [1.54, 1.807) is 48.5 Å². The number of imidazole rings is 2. The molecule has 0 spiro atoms. The molecule has 0 radical (unpaired) electrons. The Kier molecular flexibility index (Phi) is 8.52. The summed E-state index contributed by atoms with van der Waals surface area (Å²) >= 11 is -0.476. The number of nitriles is 2. The third-order valence-electron chi connectivity index (χ3n) is 6.85. The van der Waals surface area contributed by atoms with E-state index in [9.17, 15) is 30.8 Å². The van der Waals surface area contributed by atoms with E-state index in [-0.39, 0.29) is 37.6 Å². The summed E-state index contributed by atoms with van der Waals surface area (Å²) in [5.74, 6) is 1.20. The van der Waals surface area contributed by atoms with Gasteiger partial charge in [-0.3, -0.25) is 0 Å². The Labute approximate surface area is 272 Å². The summed E-state index contributed by atoms with van der Waals surface area (Å²) < 4.78 is 1.58. The predicted molar refractivity (Wildman–Crippen MR) is 172 cm³/mol. The van der Waals surface area contributed by atoms with Gasteiger partial charge in [-0.2, -0.15) is 0 Å². The number of aromatic nitrogens is 4. The molecule has 4 aromatic carbocycles. The normalized spacial score (nSPS) is 10.7. The zero-order chi connectivity index (χ0) is 32.2. The molecule has 6 aromatic rings. The van der Waals surface area contributed by atoms with E-state index in [1.807, 2.05) is 24.3 Å². The average molecular weight is 736 g/mol. The molecule has 6 rings (SSSR count). The van der Waals surface area contributed by atoms with Gasteiger partial charge in [0.05, 0.1) is 0 Å². The van der Waals surface area contributed by atoms with Gasteiger partial charge in [-0.05, 0) is 0 Å². The fraction of sp³-hybridized carbons (Fsp3) is 0. The van der Waals surface area contributed by atoms with Crippen LogP contribution in [0, 0.1) is 42.9 Å². The van der Waals surface area contributed by atoms with Gasteiger partial charge in [0.2, 0.25) is 0 Å². The number of nitrogens with zero attached hydrogens (tertiary/aromatic N) is 6. The van der Waals surface area contributed by atoms with Crippen molar-refractivity contribution in [3.63, 3.8) is 0 Å². The summed E-state index contributed by atoms with van der Waals surface area (Å²) in [5.41, 5.74) is 5.51. The molecule has 0 fully saturated rings. The number of nitro groups is 2. The van der Waals surface area contributed by atoms with Gasteiger partial charge in [0.25, 0.3) is 0 Å². The number of hydrogen-bond donors (Lipinski definition) is 2. The third kappa shape index (κ3) is 6.33. The Morgan fingerprint density at radius 2 is 0.870 bits per heavy atom. The maximum absolute atomic E-state index is 11.3. The van der Waals surface area contributed by atoms with Gasteiger partial charge in [0.15, 0.2) is 0 Å². The molecule has 14 heteroatoms. The Bertz CT molecular complexity index is 2010. The molecule has 0 aliphatic carbocycles. The van der Waals surface area contributed by atoms with Crippen molar-refractivity contribution in [1.29, 1.82) is 10.5 Å². The van der Waals surface area contributed by atoms with E-state index in [0.29, 0.717) is 22.8 Å². The summed E-state index contributed by atoms with van der Waals surface area (Å²) in [6, 6.07) is 30.8. The van der Waals surface area contributed by atoms with Crippen LogP contribution in [0.4, 0.5) is 11.4 Å². The molecular formula is C32H18N8O4Se2. The van der Waals surface area contributed by atoms with Crippen LogP contribution in [0.3, 0.4) is 0 Å². The SMILES string of the molecule is N#Cc1ccc(-c2nc([Se][Se]c3nc(-c4ccc(C#N)cc4)[nH]c3-c3ccc([N+](=O)[O-])cc3)c(-c3ccc([N+](=O)[O-])cc3)[nH]2)cc1. The van der Waals surface area contributed by atoms with Crippen LogP contribution in [0.1, 0.15) is 11.1 Å². The van der Waals surface area contributed by atoms with Crippen molar-refractivity contribution < 1.29 is 9.85 Å². The number of rotatable bonds is 9. The molecule has 0 saturated heterocycles. The molecule has 0 atom stereocenters. The molecule has 0 amide bonds. The topological polar surface area (TPSA) is 191 Å². The Morgan fingerprint density at radius 1 is 0.543 bits per heavy atom. The minimum absolute atomic E-state index is 0.0218. The first-order chi connectivity index (χ1) is 22.3. The van der Waals surface area contributed by atoms with Gasteiger partial charge >= 0.3 is 273 Å². The van der Waals surface area contributed by atoms with Gasteiger partial charge in [0.1, 0.15) is 0 Å². The Morgan fingerprint density at radius 3 is 1.17 bits per heavy atom. The zero-order valence-corrected chi connectivity index (χ0v) is 26.8. The van der Waals surface area contributed by atoms with Gasteiger partial charge in [-0.15, -0.1) is 0 Å². The summed E-state index contributed by atoms with van der Waals surface area (Å²) in [5, 5.41) is 40.9. The molecule has 2 heterocycles. The summed E-state index contributed by atoms with van der Waals surface area (Å²) in [7, 11) is 0. The van der Waals surface area contributed by atoms with Crippen LogP contribution in [0.2, 0.25) is 0 Å². The molecule has 2 aromatic heterocycles. The molecular weight excluding hydrogens is 718 g/mol. The average Bonchev–Trinajstić information content (AvgIpc) is 3.72. The number of H-pyrrole nitrogens is 2. The third-order valence-corrected chi connectivity index (χ3v) is 13.3. The van der Waals surface area contributed by atoms with Crippen molar-refractivity contribution in [2.45, 2.75) is 0 Å². The van der Waals surface area contributed by atoms with Crippen molar-refractivity contribution >= 4 is 46.8 Å². The van der Waals surface area contributed by atoms with Crippen LogP contribution in [0.25, 0.3) is 45.3 Å². The molecule has 0 aliphatic rings. The first-order valence-corrected chi connectivity index (χ1v) is 19.4. The standard InChI is InChI=1S/C32H18N8O4Se2/c33-17-19-1-5-23(6-2-19)29-35-27(21-9-13-25(14-10-21)39(41)42)31(37-29)45-46-32-28(22-11-15-26(16-12-22)40(43)44)36-30(38-32)24-7-3-20(18-34)4-8-24/h1-16H,(H,35,37)(H,36,38). The van der Waals surface area contributed by atoms with Crippen molar-refractivity contribution in [2.75, 3.05) is 0 Å². The maximum atomic E-state index is 11.3. The number of hydrogen-bond acceptors (Lipinski definition) is 8. The number of benzene rings is 4. The molecule has 46 heavy (non-hydrogen) atoms. The summed E-state index contributed by atoms with van der Waals surface area (Å²) in [4.78, 5) is 38.3. The van der Waals surface area contributed by atoms with Crippen LogP contribution < -0.4 is 9.18 Å². The van der Waals surface area contributed by atoms with E-state index in [1.165, 1.54) is 24.3 Å². The molecule has 2 N–H and O–H groups in total. The summed E-state index contributed by atoms with van der Waals surface area (Å²) in [6.45, 7) is 0. The van der Waals surface area contributed by atoms with Crippen LogP contribution in [0.5, 0.6) is 0 Å². The number of non-ortho nitro benzene ring substituents is 2. The van der Waals surface area contributed by atoms with E-state index in [4.69, 9.17) is 9.97 Å². The first kappa shape index (κ1) is 30.2. The number of nitrogens with one attached hydrogen (secondary N) is 2.